The monoisotopic (exact) mass is 300 g/mol. The summed E-state index contributed by atoms with van der Waals surface area (Å²) in [5, 5.41) is 7.27. The van der Waals surface area contributed by atoms with E-state index < -0.39 is 23.7 Å². The standard InChI is InChI=1S/C12H11F3N4O2/c1-7-3-5-8(6-4-7)9-10(12(13,14)15)16-18-19(17-9)11(20)21-2/h3-6,18H,1-2H3. The highest BCUT2D eigenvalue weighted by Gasteiger charge is 2.42. The highest BCUT2D eigenvalue weighted by Crippen LogP contribution is 2.23. The van der Waals surface area contributed by atoms with Crippen molar-refractivity contribution in [2.75, 3.05) is 7.11 Å². The molecule has 1 aliphatic heterocycles. The predicted octanol–water partition coefficient (Wildman–Crippen LogP) is 2.20. The van der Waals surface area contributed by atoms with Crippen LogP contribution >= 0.6 is 0 Å². The summed E-state index contributed by atoms with van der Waals surface area (Å²) in [5.41, 5.74) is 1.26. The zero-order valence-electron chi connectivity index (χ0n) is 11.1. The van der Waals surface area contributed by atoms with Gasteiger partial charge in [0.15, 0.2) is 5.71 Å². The normalized spacial score (nSPS) is 15.0. The lowest BCUT2D eigenvalue weighted by molar-refractivity contribution is -0.0581. The molecule has 0 spiro atoms. The van der Waals surface area contributed by atoms with Gasteiger partial charge in [-0.05, 0) is 6.92 Å². The third kappa shape index (κ3) is 3.12. The minimum Gasteiger partial charge on any atom is -0.450 e. The Bertz CT molecular complexity index is 608. The molecule has 0 bridgehead atoms. The van der Waals surface area contributed by atoms with Gasteiger partial charge in [0.2, 0.25) is 0 Å². The van der Waals surface area contributed by atoms with E-state index in [0.717, 1.165) is 12.7 Å². The summed E-state index contributed by atoms with van der Waals surface area (Å²) in [6.07, 6.45) is -5.69. The van der Waals surface area contributed by atoms with Gasteiger partial charge in [0.05, 0.1) is 7.11 Å². The minimum atomic E-state index is -4.71. The molecule has 0 radical (unpaired) electrons. The lowest BCUT2D eigenvalue weighted by Crippen LogP contribution is -2.46. The fourth-order valence-electron chi connectivity index (χ4n) is 1.59. The molecule has 112 valence electrons. The number of aryl methyl sites for hydroxylation is 1. The molecule has 2 rings (SSSR count). The molecule has 1 aromatic rings. The van der Waals surface area contributed by atoms with Crippen LogP contribution < -0.4 is 5.53 Å². The van der Waals surface area contributed by atoms with Gasteiger partial charge in [-0.25, -0.2) is 4.79 Å². The van der Waals surface area contributed by atoms with Crippen molar-refractivity contribution in [3.8, 4) is 0 Å². The Balaban J connectivity index is 2.46. The fraction of sp³-hybridized carbons (Fsp3) is 0.250. The van der Waals surface area contributed by atoms with Gasteiger partial charge in [-0.2, -0.15) is 23.8 Å². The number of nitrogens with zero attached hydrogens (tertiary/aromatic N) is 3. The summed E-state index contributed by atoms with van der Waals surface area (Å²) in [6, 6.07) is 6.21. The van der Waals surface area contributed by atoms with Gasteiger partial charge in [0, 0.05) is 5.56 Å². The number of alkyl halides is 3. The van der Waals surface area contributed by atoms with Crippen molar-refractivity contribution in [2.24, 2.45) is 10.2 Å². The summed E-state index contributed by atoms with van der Waals surface area (Å²) in [4.78, 5) is 11.3. The van der Waals surface area contributed by atoms with E-state index in [-0.39, 0.29) is 5.56 Å². The number of halogens is 3. The van der Waals surface area contributed by atoms with E-state index in [0.29, 0.717) is 5.12 Å². The highest BCUT2D eigenvalue weighted by molar-refractivity contribution is 6.50. The number of hydrazone groups is 2. The molecular weight excluding hydrogens is 289 g/mol. The molecule has 1 amide bonds. The van der Waals surface area contributed by atoms with Gasteiger partial charge in [-0.15, -0.1) is 5.10 Å². The number of benzene rings is 1. The maximum Gasteiger partial charge on any atom is 0.451 e. The summed E-state index contributed by atoms with van der Waals surface area (Å²) < 4.78 is 43.3. The zero-order valence-corrected chi connectivity index (χ0v) is 11.1. The first-order valence-corrected chi connectivity index (χ1v) is 5.77. The molecule has 21 heavy (non-hydrogen) atoms. The number of methoxy groups -OCH3 is 1. The summed E-state index contributed by atoms with van der Waals surface area (Å²) in [6.45, 7) is 1.80. The average molecular weight is 300 g/mol. The number of nitrogens with one attached hydrogen (secondary N) is 1. The van der Waals surface area contributed by atoms with Crippen LogP contribution in [0.25, 0.3) is 0 Å². The Morgan fingerprint density at radius 1 is 1.29 bits per heavy atom. The lowest BCUT2D eigenvalue weighted by Gasteiger charge is -2.23. The van der Waals surface area contributed by atoms with Gasteiger partial charge in [0.25, 0.3) is 0 Å². The quantitative estimate of drug-likeness (QED) is 0.864. The predicted molar refractivity (Wildman–Crippen MR) is 68.6 cm³/mol. The van der Waals surface area contributed by atoms with Crippen LogP contribution in [0.3, 0.4) is 0 Å². The van der Waals surface area contributed by atoms with Gasteiger partial charge in [-0.3, -0.25) is 0 Å². The molecule has 0 unspecified atom stereocenters. The minimum absolute atomic E-state index is 0.187. The molecule has 6 nitrogen and oxygen atoms in total. The van der Waals surface area contributed by atoms with Crippen LogP contribution in [0.2, 0.25) is 0 Å². The van der Waals surface area contributed by atoms with E-state index in [1.807, 2.05) is 5.53 Å². The number of rotatable bonds is 1. The van der Waals surface area contributed by atoms with Crippen LogP contribution in [0.4, 0.5) is 18.0 Å². The molecule has 9 heteroatoms. The van der Waals surface area contributed by atoms with E-state index >= 15 is 0 Å². The second-order valence-corrected chi connectivity index (χ2v) is 4.15. The Morgan fingerprint density at radius 2 is 1.90 bits per heavy atom. The van der Waals surface area contributed by atoms with E-state index in [2.05, 4.69) is 14.9 Å². The van der Waals surface area contributed by atoms with Crippen molar-refractivity contribution in [1.29, 1.82) is 0 Å². The van der Waals surface area contributed by atoms with Crippen molar-refractivity contribution in [2.45, 2.75) is 13.1 Å². The number of amides is 1. The molecule has 1 heterocycles. The number of carbonyl (C=O) groups excluding carboxylic acids is 1. The van der Waals surface area contributed by atoms with Crippen LogP contribution in [-0.4, -0.2) is 35.9 Å². The maximum atomic E-state index is 13.0. The Kier molecular flexibility index (Phi) is 3.83. The summed E-state index contributed by atoms with van der Waals surface area (Å²) in [7, 11) is 1.08. The van der Waals surface area contributed by atoms with E-state index in [1.165, 1.54) is 12.1 Å². The van der Waals surface area contributed by atoms with Crippen LogP contribution in [0, 0.1) is 6.92 Å². The van der Waals surface area contributed by atoms with E-state index in [1.54, 1.807) is 19.1 Å². The second-order valence-electron chi connectivity index (χ2n) is 4.15. The SMILES string of the molecule is COC(=O)N1N=C(c2ccc(C)cc2)C(C(F)(F)F)=NN1. The third-order valence-electron chi connectivity index (χ3n) is 2.62. The molecule has 0 atom stereocenters. The molecule has 0 fully saturated rings. The third-order valence-corrected chi connectivity index (χ3v) is 2.62. The molecule has 0 saturated carbocycles. The zero-order chi connectivity index (χ0) is 15.6. The summed E-state index contributed by atoms with van der Waals surface area (Å²) in [5.74, 6) is 0. The first kappa shape index (κ1) is 14.8. The van der Waals surface area contributed by atoms with Gasteiger partial charge >= 0.3 is 12.3 Å². The van der Waals surface area contributed by atoms with Crippen molar-refractivity contribution in [1.82, 2.24) is 10.7 Å². The molecule has 0 aromatic heterocycles. The molecule has 0 saturated heterocycles. The fourth-order valence-corrected chi connectivity index (χ4v) is 1.59. The first-order valence-electron chi connectivity index (χ1n) is 5.77. The molecular formula is C12H11F3N4O2. The number of hydrogen-bond acceptors (Lipinski definition) is 5. The van der Waals surface area contributed by atoms with Crippen LogP contribution in [0.15, 0.2) is 34.5 Å². The number of ether oxygens (including phenoxy) is 1. The Labute approximate surface area is 117 Å². The van der Waals surface area contributed by atoms with Crippen LogP contribution in [-0.2, 0) is 4.74 Å². The molecule has 1 aromatic carbocycles. The number of hydrazine groups is 1. The van der Waals surface area contributed by atoms with Crippen molar-refractivity contribution < 1.29 is 22.7 Å². The second kappa shape index (κ2) is 5.43. The smallest absolute Gasteiger partial charge is 0.450 e. The Hall–Kier alpha value is -2.58. The van der Waals surface area contributed by atoms with Crippen molar-refractivity contribution >= 4 is 17.5 Å². The van der Waals surface area contributed by atoms with Gasteiger partial charge in [-0.1, -0.05) is 34.9 Å². The largest absolute Gasteiger partial charge is 0.451 e. The molecule has 0 aliphatic carbocycles. The van der Waals surface area contributed by atoms with E-state index in [4.69, 9.17) is 0 Å². The van der Waals surface area contributed by atoms with Crippen molar-refractivity contribution in [3.05, 3.63) is 35.4 Å². The molecule has 1 aliphatic rings. The number of hydrogen-bond donors (Lipinski definition) is 1. The lowest BCUT2D eigenvalue weighted by atomic mass is 10.0. The van der Waals surface area contributed by atoms with E-state index in [9.17, 15) is 18.0 Å². The maximum absolute atomic E-state index is 13.0. The highest BCUT2D eigenvalue weighted by atomic mass is 19.4. The summed E-state index contributed by atoms with van der Waals surface area (Å²) >= 11 is 0. The first-order chi connectivity index (χ1) is 9.82. The van der Waals surface area contributed by atoms with Crippen LogP contribution in [0.5, 0.6) is 0 Å². The number of carbonyl (C=O) groups is 1. The topological polar surface area (TPSA) is 66.3 Å². The average Bonchev–Trinajstić information content (AvgIpc) is 2.45. The van der Waals surface area contributed by atoms with Gasteiger partial charge < -0.3 is 4.74 Å². The van der Waals surface area contributed by atoms with Crippen LogP contribution in [0.1, 0.15) is 11.1 Å². The van der Waals surface area contributed by atoms with Crippen molar-refractivity contribution in [3.63, 3.8) is 0 Å². The molecule has 1 N–H and O–H groups in total. The van der Waals surface area contributed by atoms with Gasteiger partial charge in [0.1, 0.15) is 5.71 Å². The Morgan fingerprint density at radius 3 is 2.43 bits per heavy atom.